The molecule has 1 aromatic carbocycles. The Morgan fingerprint density at radius 3 is 1.55 bits per heavy atom. The number of benzene rings is 1. The summed E-state index contributed by atoms with van der Waals surface area (Å²) in [5.74, 6) is -1.77. The minimum atomic E-state index is -1.77. The summed E-state index contributed by atoms with van der Waals surface area (Å²) < 4.78 is 0. The van der Waals surface area contributed by atoms with Crippen LogP contribution in [-0.2, 0) is 0 Å². The van der Waals surface area contributed by atoms with E-state index in [1.54, 1.807) is 0 Å². The minimum absolute atomic E-state index is 0.262. The second-order valence-electron chi connectivity index (χ2n) is 3.75. The number of nitro benzene ring substituents is 3. The normalized spacial score (nSPS) is 10.1. The number of carboxylic acids is 1. The summed E-state index contributed by atoms with van der Waals surface area (Å²) >= 11 is 0. The lowest BCUT2D eigenvalue weighted by Crippen LogP contribution is -2.12. The first-order valence-electron chi connectivity index (χ1n) is 4.94. The lowest BCUT2D eigenvalue weighted by molar-refractivity contribution is -0.441. The molecule has 106 valence electrons. The number of nitro groups is 3. The third kappa shape index (κ3) is 2.11. The van der Waals surface area contributed by atoms with Crippen molar-refractivity contribution in [3.63, 3.8) is 0 Å². The fourth-order valence-electron chi connectivity index (χ4n) is 1.79. The summed E-state index contributed by atoms with van der Waals surface area (Å²) in [7, 11) is 0. The van der Waals surface area contributed by atoms with Crippen molar-refractivity contribution in [2.24, 2.45) is 0 Å². The standard InChI is InChI=1S/C9H7N3O8/c1-3-4(2)6(10(15)16)8(12(19)20)7(11(17)18)5(3)9(13)14/h1-2H3,(H,13,14). The van der Waals surface area contributed by atoms with Crippen molar-refractivity contribution in [3.05, 3.63) is 47.0 Å². The Labute approximate surface area is 109 Å². The van der Waals surface area contributed by atoms with Gasteiger partial charge in [0.25, 0.3) is 0 Å². The Kier molecular flexibility index (Phi) is 3.64. The van der Waals surface area contributed by atoms with Crippen LogP contribution < -0.4 is 0 Å². The van der Waals surface area contributed by atoms with Gasteiger partial charge in [0.05, 0.1) is 14.8 Å². The van der Waals surface area contributed by atoms with Crippen molar-refractivity contribution in [1.82, 2.24) is 0 Å². The molecule has 1 N–H and O–H groups in total. The maximum atomic E-state index is 11.1. The second-order valence-corrected chi connectivity index (χ2v) is 3.75. The Morgan fingerprint density at radius 1 is 0.850 bits per heavy atom. The van der Waals surface area contributed by atoms with Gasteiger partial charge in [-0.15, -0.1) is 0 Å². The topological polar surface area (TPSA) is 167 Å². The average Bonchev–Trinajstić information content (AvgIpc) is 2.29. The molecule has 0 aliphatic carbocycles. The van der Waals surface area contributed by atoms with E-state index in [2.05, 4.69) is 0 Å². The molecule has 0 aromatic heterocycles. The molecule has 0 aliphatic rings. The van der Waals surface area contributed by atoms with Gasteiger partial charge in [0.2, 0.25) is 0 Å². The number of rotatable bonds is 4. The highest BCUT2D eigenvalue weighted by atomic mass is 16.6. The van der Waals surface area contributed by atoms with Crippen LogP contribution in [0, 0.1) is 44.2 Å². The number of carbonyl (C=O) groups is 1. The fourth-order valence-corrected chi connectivity index (χ4v) is 1.79. The number of nitrogens with zero attached hydrogens (tertiary/aromatic N) is 3. The molecule has 0 aliphatic heterocycles. The maximum Gasteiger partial charge on any atom is 0.423 e. The van der Waals surface area contributed by atoms with Gasteiger partial charge in [-0.1, -0.05) is 0 Å². The number of carboxylic acid groups (broad SMARTS) is 1. The van der Waals surface area contributed by atoms with Gasteiger partial charge in [0.1, 0.15) is 5.56 Å². The van der Waals surface area contributed by atoms with Gasteiger partial charge >= 0.3 is 23.0 Å². The van der Waals surface area contributed by atoms with Gasteiger partial charge in [-0.25, -0.2) is 4.79 Å². The Morgan fingerprint density at radius 2 is 1.25 bits per heavy atom. The van der Waals surface area contributed by atoms with Crippen molar-refractivity contribution in [2.75, 3.05) is 0 Å². The first-order chi connectivity index (χ1) is 9.11. The molecule has 0 atom stereocenters. The molecule has 11 heteroatoms. The lowest BCUT2D eigenvalue weighted by atomic mass is 9.97. The Balaban J connectivity index is 4.14. The van der Waals surface area contributed by atoms with Crippen LogP contribution in [0.1, 0.15) is 21.5 Å². The summed E-state index contributed by atoms with van der Waals surface area (Å²) in [6.07, 6.45) is 0. The van der Waals surface area contributed by atoms with Crippen LogP contribution in [0.15, 0.2) is 0 Å². The SMILES string of the molecule is Cc1c(C)c([N+](=O)[O-])c([N+](=O)[O-])c([N+](=O)[O-])c1C(=O)O. The predicted octanol–water partition coefficient (Wildman–Crippen LogP) is 1.73. The van der Waals surface area contributed by atoms with E-state index in [0.29, 0.717) is 0 Å². The zero-order valence-corrected chi connectivity index (χ0v) is 10.1. The molecule has 20 heavy (non-hydrogen) atoms. The van der Waals surface area contributed by atoms with E-state index in [1.807, 2.05) is 0 Å². The molecular formula is C9H7N3O8. The summed E-state index contributed by atoms with van der Waals surface area (Å²) in [6, 6.07) is 0. The van der Waals surface area contributed by atoms with Crippen molar-refractivity contribution in [1.29, 1.82) is 0 Å². The Bertz CT molecular complexity index is 609. The minimum Gasteiger partial charge on any atom is -0.477 e. The van der Waals surface area contributed by atoms with E-state index in [9.17, 15) is 35.1 Å². The van der Waals surface area contributed by atoms with Crippen LogP contribution in [0.3, 0.4) is 0 Å². The van der Waals surface area contributed by atoms with Crippen LogP contribution >= 0.6 is 0 Å². The van der Waals surface area contributed by atoms with Crippen LogP contribution in [0.25, 0.3) is 0 Å². The third-order valence-corrected chi connectivity index (χ3v) is 2.74. The molecule has 0 heterocycles. The number of hydrogen-bond donors (Lipinski definition) is 1. The van der Waals surface area contributed by atoms with E-state index in [4.69, 9.17) is 5.11 Å². The number of hydrogen-bond acceptors (Lipinski definition) is 7. The zero-order chi connectivity index (χ0) is 15.8. The van der Waals surface area contributed by atoms with Gasteiger partial charge in [-0.3, -0.25) is 30.3 Å². The molecule has 0 saturated heterocycles. The molecule has 11 nitrogen and oxygen atoms in total. The monoisotopic (exact) mass is 285 g/mol. The summed E-state index contributed by atoms with van der Waals surface area (Å²) in [6.45, 7) is 2.21. The van der Waals surface area contributed by atoms with E-state index >= 15 is 0 Å². The Hall–Kier alpha value is -3.11. The van der Waals surface area contributed by atoms with Crippen LogP contribution in [0.2, 0.25) is 0 Å². The highest BCUT2D eigenvalue weighted by Crippen LogP contribution is 2.43. The fraction of sp³-hybridized carbons (Fsp3) is 0.222. The average molecular weight is 285 g/mol. The van der Waals surface area contributed by atoms with Crippen molar-refractivity contribution in [3.8, 4) is 0 Å². The predicted molar refractivity (Wildman–Crippen MR) is 62.8 cm³/mol. The molecule has 0 fully saturated rings. The molecule has 1 aromatic rings. The molecule has 0 radical (unpaired) electrons. The van der Waals surface area contributed by atoms with Gasteiger partial charge in [0, 0.05) is 5.56 Å². The van der Waals surface area contributed by atoms with Gasteiger partial charge in [-0.2, -0.15) is 0 Å². The maximum absolute atomic E-state index is 11.1. The van der Waals surface area contributed by atoms with Crippen LogP contribution in [0.5, 0.6) is 0 Å². The second kappa shape index (κ2) is 4.87. The third-order valence-electron chi connectivity index (χ3n) is 2.74. The van der Waals surface area contributed by atoms with E-state index in [0.717, 1.165) is 13.8 Å². The summed E-state index contributed by atoms with van der Waals surface area (Å²) in [5, 5.41) is 41.6. The zero-order valence-electron chi connectivity index (χ0n) is 10.1. The largest absolute Gasteiger partial charge is 0.477 e. The first-order valence-corrected chi connectivity index (χ1v) is 4.94. The smallest absolute Gasteiger partial charge is 0.423 e. The summed E-state index contributed by atoms with van der Waals surface area (Å²) in [5.41, 5.74) is -5.39. The number of aromatic carboxylic acids is 1. The van der Waals surface area contributed by atoms with Crippen molar-refractivity contribution in [2.45, 2.75) is 13.8 Å². The van der Waals surface area contributed by atoms with Crippen LogP contribution in [0.4, 0.5) is 17.1 Å². The quantitative estimate of drug-likeness (QED) is 0.644. The molecule has 0 saturated carbocycles. The van der Waals surface area contributed by atoms with Gasteiger partial charge in [-0.05, 0) is 19.4 Å². The van der Waals surface area contributed by atoms with Gasteiger partial charge < -0.3 is 5.11 Å². The van der Waals surface area contributed by atoms with Crippen LogP contribution in [-0.4, -0.2) is 25.8 Å². The lowest BCUT2D eigenvalue weighted by Gasteiger charge is -2.07. The van der Waals surface area contributed by atoms with Crippen molar-refractivity contribution >= 4 is 23.0 Å². The highest BCUT2D eigenvalue weighted by Gasteiger charge is 2.44. The highest BCUT2D eigenvalue weighted by molar-refractivity contribution is 5.98. The molecule has 0 unspecified atom stereocenters. The molecular weight excluding hydrogens is 278 g/mol. The molecule has 0 bridgehead atoms. The van der Waals surface area contributed by atoms with E-state index in [-0.39, 0.29) is 11.1 Å². The van der Waals surface area contributed by atoms with E-state index in [1.165, 1.54) is 0 Å². The molecule has 0 spiro atoms. The molecule has 0 amide bonds. The molecule has 1 rings (SSSR count). The first kappa shape index (κ1) is 14.9. The van der Waals surface area contributed by atoms with E-state index < -0.39 is 43.4 Å². The van der Waals surface area contributed by atoms with Gasteiger partial charge in [0.15, 0.2) is 0 Å². The van der Waals surface area contributed by atoms with Crippen molar-refractivity contribution < 1.29 is 24.7 Å². The summed E-state index contributed by atoms with van der Waals surface area (Å²) in [4.78, 5) is 40.0.